The fourth-order valence-electron chi connectivity index (χ4n) is 10.2. The Labute approximate surface area is 408 Å². The summed E-state index contributed by atoms with van der Waals surface area (Å²) in [6.45, 7) is 14.0. The van der Waals surface area contributed by atoms with Crippen LogP contribution in [0.4, 0.5) is 0 Å². The Bertz CT molecular complexity index is 2230. The van der Waals surface area contributed by atoms with E-state index >= 15 is 0 Å². The molecule has 20 atom stereocenters. The minimum atomic E-state index is -1.17. The van der Waals surface area contributed by atoms with Gasteiger partial charge in [0, 0.05) is 34.5 Å². The zero-order valence-electron chi connectivity index (χ0n) is 40.7. The Balaban J connectivity index is 1.03. The van der Waals surface area contributed by atoms with Crippen molar-refractivity contribution in [2.45, 2.75) is 167 Å². The van der Waals surface area contributed by atoms with Crippen LogP contribution in [0.5, 0.6) is 0 Å². The van der Waals surface area contributed by atoms with Crippen molar-refractivity contribution < 1.29 is 61.6 Å². The number of carbonyl (C=O) groups is 1. The third kappa shape index (κ3) is 12.1. The topological polar surface area (TPSA) is 225 Å². The lowest BCUT2D eigenvalue weighted by molar-refractivity contribution is -0.358. The van der Waals surface area contributed by atoms with Gasteiger partial charge in [0.05, 0.1) is 63.0 Å². The first kappa shape index (κ1) is 51.7. The monoisotopic (exact) mass is 970 g/mol. The number of ether oxygens (including phenoxy) is 12. The maximum absolute atomic E-state index is 12.3. The highest BCUT2D eigenvalue weighted by Gasteiger charge is 2.56. The summed E-state index contributed by atoms with van der Waals surface area (Å²) in [5, 5.41) is 8.31. The molecule has 3 aromatic rings. The molecule has 19 heteroatoms. The lowest BCUT2D eigenvalue weighted by Gasteiger charge is -2.51. The molecule has 0 radical (unpaired) electrons. The van der Waals surface area contributed by atoms with Crippen molar-refractivity contribution in [3.05, 3.63) is 129 Å². The number of hydrogen-bond acceptors (Lipinski definition) is 15. The highest BCUT2D eigenvalue weighted by Crippen LogP contribution is 2.42. The molecule has 70 heavy (non-hydrogen) atoms. The summed E-state index contributed by atoms with van der Waals surface area (Å²) >= 11 is 0. The molecule has 5 aliphatic heterocycles. The standard InChI is InChI=1S/C51H66N6O13/c1-28-32(5)64-48(30(3)42(28)60-23-35-17-11-8-12-18-35)68-43-29(2)40(54-56-52)51(67-38(43)26-59-34(7)58)69-45-33(6)65-49(31(4)44(45)61-24-36-19-13-9-14-20-36)70-46-39-27-63-50(66-39)41(55-57-53)47(46)62-25-37-21-15-10-16-22-37/h8-22,28-33,38-51H,23-27H2,1-7H3/t28-,29-,30?,31?,32?,33?,38?,39+,40?,41?,42-,43+,44+,45-,46-,47?,48+,49+,50-,51+/m1/s1. The third-order valence-corrected chi connectivity index (χ3v) is 14.2. The van der Waals surface area contributed by atoms with E-state index in [1.165, 1.54) is 6.92 Å². The van der Waals surface area contributed by atoms with E-state index in [4.69, 9.17) is 56.8 Å². The van der Waals surface area contributed by atoms with Crippen molar-refractivity contribution >= 4 is 5.97 Å². The van der Waals surface area contributed by atoms with Crippen LogP contribution in [-0.4, -0.2) is 117 Å². The van der Waals surface area contributed by atoms with Gasteiger partial charge in [0.1, 0.15) is 43.2 Å². The summed E-state index contributed by atoms with van der Waals surface area (Å²) in [5.41, 5.74) is 22.6. The molecule has 0 aromatic heterocycles. The maximum atomic E-state index is 12.3. The van der Waals surface area contributed by atoms with Gasteiger partial charge in [-0.15, -0.1) is 0 Å². The number of nitrogens with zero attached hydrogens (tertiary/aromatic N) is 6. The van der Waals surface area contributed by atoms with Crippen LogP contribution in [0.25, 0.3) is 20.9 Å². The number of esters is 1. The summed E-state index contributed by atoms with van der Waals surface area (Å²) in [4.78, 5) is 18.7. The van der Waals surface area contributed by atoms with Gasteiger partial charge in [-0.1, -0.05) is 129 Å². The molecule has 8 unspecified atom stereocenters. The van der Waals surface area contributed by atoms with Gasteiger partial charge >= 0.3 is 5.97 Å². The highest BCUT2D eigenvalue weighted by molar-refractivity contribution is 5.65. The molecule has 5 saturated heterocycles. The van der Waals surface area contributed by atoms with Crippen LogP contribution in [0.1, 0.15) is 65.2 Å². The number of hydrogen-bond donors (Lipinski definition) is 0. The van der Waals surface area contributed by atoms with Crippen molar-refractivity contribution in [3.8, 4) is 0 Å². The normalized spacial score (nSPS) is 38.2. The quantitative estimate of drug-likeness (QED) is 0.0477. The molecule has 19 nitrogen and oxygen atoms in total. The largest absolute Gasteiger partial charge is 0.463 e. The Hall–Kier alpha value is -4.69. The van der Waals surface area contributed by atoms with Crippen molar-refractivity contribution in [3.63, 3.8) is 0 Å². The van der Waals surface area contributed by atoms with Gasteiger partial charge in [0.15, 0.2) is 25.2 Å². The smallest absolute Gasteiger partial charge is 0.302 e. The molecule has 0 N–H and O–H groups in total. The van der Waals surface area contributed by atoms with E-state index in [1.54, 1.807) is 0 Å². The van der Waals surface area contributed by atoms with E-state index < -0.39 is 104 Å². The number of azide groups is 2. The second kappa shape index (κ2) is 24.2. The van der Waals surface area contributed by atoms with E-state index in [9.17, 15) is 15.9 Å². The van der Waals surface area contributed by atoms with E-state index in [2.05, 4.69) is 27.0 Å². The summed E-state index contributed by atoms with van der Waals surface area (Å²) in [6.07, 6.45) is -9.96. The van der Waals surface area contributed by atoms with Gasteiger partial charge in [0.2, 0.25) is 0 Å². The van der Waals surface area contributed by atoms with Crippen molar-refractivity contribution in [2.75, 3.05) is 13.2 Å². The predicted octanol–water partition coefficient (Wildman–Crippen LogP) is 8.33. The van der Waals surface area contributed by atoms with Gasteiger partial charge in [-0.2, -0.15) is 0 Å². The first-order valence-electron chi connectivity index (χ1n) is 24.3. The molecule has 0 aliphatic carbocycles. The minimum absolute atomic E-state index is 0.0532. The fraction of sp³-hybridized carbons (Fsp3) is 0.627. The molecule has 8 rings (SSSR count). The third-order valence-electron chi connectivity index (χ3n) is 14.2. The first-order valence-corrected chi connectivity index (χ1v) is 24.3. The van der Waals surface area contributed by atoms with Crippen LogP contribution in [0.15, 0.2) is 101 Å². The van der Waals surface area contributed by atoms with Crippen LogP contribution in [0, 0.1) is 23.7 Å². The lowest BCUT2D eigenvalue weighted by atomic mass is 9.85. The maximum Gasteiger partial charge on any atom is 0.302 e. The molecule has 378 valence electrons. The van der Waals surface area contributed by atoms with Crippen LogP contribution in [0.2, 0.25) is 0 Å². The lowest BCUT2D eigenvalue weighted by Crippen LogP contribution is -2.63. The van der Waals surface area contributed by atoms with Crippen LogP contribution in [-0.2, 0) is 81.5 Å². The fourth-order valence-corrected chi connectivity index (χ4v) is 10.2. The Morgan fingerprint density at radius 2 is 1.06 bits per heavy atom. The average molecular weight is 971 g/mol. The molecule has 5 aliphatic rings. The first-order chi connectivity index (χ1) is 33.9. The van der Waals surface area contributed by atoms with Crippen LogP contribution >= 0.6 is 0 Å². The van der Waals surface area contributed by atoms with Gasteiger partial charge in [-0.05, 0) is 47.5 Å². The molecular formula is C51H66N6O13. The Morgan fingerprint density at radius 1 is 0.557 bits per heavy atom. The summed E-state index contributed by atoms with van der Waals surface area (Å²) < 4.78 is 78.3. The van der Waals surface area contributed by atoms with Crippen molar-refractivity contribution in [2.24, 2.45) is 33.9 Å². The van der Waals surface area contributed by atoms with Crippen molar-refractivity contribution in [1.29, 1.82) is 0 Å². The molecular weight excluding hydrogens is 905 g/mol. The molecule has 3 aromatic carbocycles. The minimum Gasteiger partial charge on any atom is -0.463 e. The van der Waals surface area contributed by atoms with E-state index in [0.29, 0.717) is 6.61 Å². The number of benzene rings is 3. The molecule has 2 bridgehead atoms. The predicted molar refractivity (Wildman–Crippen MR) is 251 cm³/mol. The number of carbonyl (C=O) groups excluding carboxylic acids is 1. The zero-order chi connectivity index (χ0) is 49.3. The SMILES string of the molecule is CC(=O)OCC1O[C@@H](O[C@@H]2C(C)O[C@@H](O[C@H]3C(OCc4ccccc4)C(N=[N+]=[N-])[C@@H]4OC[C@@H]3O4)C(C)[C@@H]2OCc2ccccc2)C(N=[N+]=[N-])[C@@H](C)[C@@H]1O[C@@H]1OC(C)[C@@H](C)[C@@H](OCc2ccccc2)C1C. The Kier molecular flexibility index (Phi) is 17.8. The number of rotatable bonds is 19. The molecule has 5 fully saturated rings. The van der Waals surface area contributed by atoms with Crippen LogP contribution in [0.3, 0.4) is 0 Å². The molecule has 0 saturated carbocycles. The zero-order valence-corrected chi connectivity index (χ0v) is 40.7. The second-order valence-electron chi connectivity index (χ2n) is 19.1. The summed E-state index contributed by atoms with van der Waals surface area (Å²) in [7, 11) is 0. The van der Waals surface area contributed by atoms with E-state index in [1.807, 2.05) is 126 Å². The molecule has 0 amide bonds. The van der Waals surface area contributed by atoms with Crippen molar-refractivity contribution in [1.82, 2.24) is 0 Å². The Morgan fingerprint density at radius 3 is 1.63 bits per heavy atom. The highest BCUT2D eigenvalue weighted by atomic mass is 16.8. The van der Waals surface area contributed by atoms with E-state index in [-0.39, 0.29) is 50.5 Å². The number of fused-ring (bicyclic) bond motifs is 2. The summed E-state index contributed by atoms with van der Waals surface area (Å²) in [6, 6.07) is 27.6. The van der Waals surface area contributed by atoms with Gasteiger partial charge in [-0.25, -0.2) is 0 Å². The van der Waals surface area contributed by atoms with E-state index in [0.717, 1.165) is 16.7 Å². The molecule has 5 heterocycles. The second-order valence-corrected chi connectivity index (χ2v) is 19.1. The van der Waals surface area contributed by atoms with Gasteiger partial charge in [-0.3, -0.25) is 4.79 Å². The average Bonchev–Trinajstić information content (AvgIpc) is 3.81. The van der Waals surface area contributed by atoms with Gasteiger partial charge in [0.25, 0.3) is 0 Å². The van der Waals surface area contributed by atoms with Crippen LogP contribution < -0.4 is 0 Å². The molecule has 0 spiro atoms. The van der Waals surface area contributed by atoms with Gasteiger partial charge < -0.3 is 56.8 Å². The summed E-state index contributed by atoms with van der Waals surface area (Å²) in [5.74, 6) is -1.72.